The number of anilines is 1. The van der Waals surface area contributed by atoms with E-state index in [9.17, 15) is 0 Å². The van der Waals surface area contributed by atoms with Gasteiger partial charge in [0.15, 0.2) is 0 Å². The standard InChI is InChI=1S/C8H13N3O/c1-6(2)12-8-10-5-4-7(9-3)11-8/h4-6H,1-3H3,(H,9,10,11). The Bertz CT molecular complexity index is 250. The van der Waals surface area contributed by atoms with E-state index in [1.54, 1.807) is 12.3 Å². The van der Waals surface area contributed by atoms with Gasteiger partial charge < -0.3 is 10.1 Å². The van der Waals surface area contributed by atoms with Crippen molar-refractivity contribution in [1.82, 2.24) is 9.97 Å². The summed E-state index contributed by atoms with van der Waals surface area (Å²) in [7, 11) is 1.81. The van der Waals surface area contributed by atoms with Crippen molar-refractivity contribution < 1.29 is 4.74 Å². The molecule has 4 nitrogen and oxygen atoms in total. The monoisotopic (exact) mass is 167 g/mol. The molecule has 0 fully saturated rings. The molecular weight excluding hydrogens is 154 g/mol. The van der Waals surface area contributed by atoms with Crippen LogP contribution in [0, 0.1) is 0 Å². The van der Waals surface area contributed by atoms with Crippen LogP contribution in [0.5, 0.6) is 6.01 Å². The molecule has 4 heteroatoms. The highest BCUT2D eigenvalue weighted by Gasteiger charge is 2.00. The van der Waals surface area contributed by atoms with E-state index in [-0.39, 0.29) is 6.10 Å². The van der Waals surface area contributed by atoms with Crippen LogP contribution in [0.15, 0.2) is 12.3 Å². The molecule has 1 aromatic rings. The van der Waals surface area contributed by atoms with E-state index in [4.69, 9.17) is 4.74 Å². The van der Waals surface area contributed by atoms with Crippen molar-refractivity contribution in [2.45, 2.75) is 20.0 Å². The van der Waals surface area contributed by atoms with Crippen molar-refractivity contribution >= 4 is 5.82 Å². The third kappa shape index (κ3) is 2.38. The molecule has 0 saturated heterocycles. The Balaban J connectivity index is 2.72. The molecule has 0 atom stereocenters. The van der Waals surface area contributed by atoms with Gasteiger partial charge in [-0.05, 0) is 19.9 Å². The predicted molar refractivity (Wildman–Crippen MR) is 47.3 cm³/mol. The molecular formula is C8H13N3O. The van der Waals surface area contributed by atoms with Crippen LogP contribution < -0.4 is 10.1 Å². The molecule has 0 aliphatic heterocycles. The molecule has 0 spiro atoms. The van der Waals surface area contributed by atoms with Crippen LogP contribution in [-0.2, 0) is 0 Å². The first-order valence-corrected chi connectivity index (χ1v) is 3.90. The van der Waals surface area contributed by atoms with Crippen LogP contribution in [0.25, 0.3) is 0 Å². The Morgan fingerprint density at radius 1 is 1.50 bits per heavy atom. The van der Waals surface area contributed by atoms with E-state index in [0.29, 0.717) is 6.01 Å². The second-order valence-corrected chi connectivity index (χ2v) is 2.64. The summed E-state index contributed by atoms with van der Waals surface area (Å²) < 4.78 is 5.29. The van der Waals surface area contributed by atoms with Crippen molar-refractivity contribution in [2.24, 2.45) is 0 Å². The molecule has 0 aliphatic carbocycles. The van der Waals surface area contributed by atoms with Gasteiger partial charge in [-0.3, -0.25) is 0 Å². The average molecular weight is 167 g/mol. The number of ether oxygens (including phenoxy) is 1. The Kier molecular flexibility index (Phi) is 2.85. The molecule has 0 saturated carbocycles. The second kappa shape index (κ2) is 3.90. The van der Waals surface area contributed by atoms with Crippen LogP contribution >= 0.6 is 0 Å². The van der Waals surface area contributed by atoms with Gasteiger partial charge in [0.2, 0.25) is 0 Å². The number of aromatic nitrogens is 2. The topological polar surface area (TPSA) is 47.0 Å². The maximum absolute atomic E-state index is 5.29. The highest BCUT2D eigenvalue weighted by atomic mass is 16.5. The number of nitrogens with zero attached hydrogens (tertiary/aromatic N) is 2. The molecule has 1 N–H and O–H groups in total. The summed E-state index contributed by atoms with van der Waals surface area (Å²) in [5, 5.41) is 2.91. The minimum atomic E-state index is 0.108. The first-order chi connectivity index (χ1) is 5.72. The van der Waals surface area contributed by atoms with Gasteiger partial charge in [0.25, 0.3) is 0 Å². The van der Waals surface area contributed by atoms with E-state index >= 15 is 0 Å². The number of hydrogen-bond acceptors (Lipinski definition) is 4. The van der Waals surface area contributed by atoms with Gasteiger partial charge in [-0.2, -0.15) is 4.98 Å². The number of hydrogen-bond donors (Lipinski definition) is 1. The lowest BCUT2D eigenvalue weighted by Crippen LogP contribution is -2.08. The fraction of sp³-hybridized carbons (Fsp3) is 0.500. The lowest BCUT2D eigenvalue weighted by Gasteiger charge is -2.07. The molecule has 1 rings (SSSR count). The van der Waals surface area contributed by atoms with Gasteiger partial charge in [-0.15, -0.1) is 0 Å². The van der Waals surface area contributed by atoms with Crippen LogP contribution in [-0.4, -0.2) is 23.1 Å². The van der Waals surface area contributed by atoms with E-state index in [0.717, 1.165) is 5.82 Å². The Labute approximate surface area is 72.0 Å². The fourth-order valence-electron chi connectivity index (χ4n) is 0.748. The van der Waals surface area contributed by atoms with Gasteiger partial charge in [-0.25, -0.2) is 4.98 Å². The van der Waals surface area contributed by atoms with Crippen molar-refractivity contribution in [3.63, 3.8) is 0 Å². The van der Waals surface area contributed by atoms with Crippen LogP contribution in [0.4, 0.5) is 5.82 Å². The SMILES string of the molecule is CNc1ccnc(OC(C)C)n1. The lowest BCUT2D eigenvalue weighted by molar-refractivity contribution is 0.222. The zero-order valence-corrected chi connectivity index (χ0v) is 7.53. The minimum absolute atomic E-state index is 0.108. The summed E-state index contributed by atoms with van der Waals surface area (Å²) in [6, 6.07) is 2.20. The fourth-order valence-corrected chi connectivity index (χ4v) is 0.748. The van der Waals surface area contributed by atoms with E-state index in [2.05, 4.69) is 15.3 Å². The highest BCUT2D eigenvalue weighted by molar-refractivity contribution is 5.32. The third-order valence-electron chi connectivity index (χ3n) is 1.23. The van der Waals surface area contributed by atoms with Crippen molar-refractivity contribution in [2.75, 3.05) is 12.4 Å². The van der Waals surface area contributed by atoms with Crippen LogP contribution in [0.3, 0.4) is 0 Å². The third-order valence-corrected chi connectivity index (χ3v) is 1.23. The zero-order chi connectivity index (χ0) is 8.97. The Morgan fingerprint density at radius 3 is 2.83 bits per heavy atom. The summed E-state index contributed by atoms with van der Waals surface area (Å²) >= 11 is 0. The Hall–Kier alpha value is -1.32. The minimum Gasteiger partial charge on any atom is -0.461 e. The summed E-state index contributed by atoms with van der Waals surface area (Å²) in [6.45, 7) is 3.88. The van der Waals surface area contributed by atoms with E-state index in [1.165, 1.54) is 0 Å². The molecule has 12 heavy (non-hydrogen) atoms. The molecule has 0 amide bonds. The number of rotatable bonds is 3. The van der Waals surface area contributed by atoms with Crippen molar-refractivity contribution in [3.05, 3.63) is 12.3 Å². The van der Waals surface area contributed by atoms with Gasteiger partial charge in [0, 0.05) is 13.2 Å². The largest absolute Gasteiger partial charge is 0.461 e. The molecule has 0 aliphatic rings. The summed E-state index contributed by atoms with van der Waals surface area (Å²) in [4.78, 5) is 8.04. The molecule has 1 aromatic heterocycles. The normalized spacial score (nSPS) is 10.0. The lowest BCUT2D eigenvalue weighted by atomic mass is 10.5. The summed E-state index contributed by atoms with van der Waals surface area (Å²) in [5.41, 5.74) is 0. The molecule has 1 heterocycles. The first-order valence-electron chi connectivity index (χ1n) is 3.90. The number of nitrogens with one attached hydrogen (secondary N) is 1. The highest BCUT2D eigenvalue weighted by Crippen LogP contribution is 2.07. The van der Waals surface area contributed by atoms with Gasteiger partial charge in [-0.1, -0.05) is 0 Å². The second-order valence-electron chi connectivity index (χ2n) is 2.64. The molecule has 0 bridgehead atoms. The maximum Gasteiger partial charge on any atom is 0.318 e. The van der Waals surface area contributed by atoms with Gasteiger partial charge >= 0.3 is 6.01 Å². The first kappa shape index (κ1) is 8.77. The molecule has 66 valence electrons. The molecule has 0 aromatic carbocycles. The smallest absolute Gasteiger partial charge is 0.318 e. The van der Waals surface area contributed by atoms with Crippen LogP contribution in [0.2, 0.25) is 0 Å². The summed E-state index contributed by atoms with van der Waals surface area (Å²) in [6.07, 6.45) is 1.77. The van der Waals surface area contributed by atoms with Crippen LogP contribution in [0.1, 0.15) is 13.8 Å². The van der Waals surface area contributed by atoms with Crippen molar-refractivity contribution in [1.29, 1.82) is 0 Å². The van der Waals surface area contributed by atoms with Gasteiger partial charge in [0.1, 0.15) is 5.82 Å². The Morgan fingerprint density at radius 2 is 2.25 bits per heavy atom. The average Bonchev–Trinajstić information content (AvgIpc) is 2.03. The van der Waals surface area contributed by atoms with Crippen molar-refractivity contribution in [3.8, 4) is 6.01 Å². The zero-order valence-electron chi connectivity index (χ0n) is 7.53. The van der Waals surface area contributed by atoms with Gasteiger partial charge in [0.05, 0.1) is 6.10 Å². The van der Waals surface area contributed by atoms with E-state index in [1.807, 2.05) is 20.9 Å². The van der Waals surface area contributed by atoms with E-state index < -0.39 is 0 Å². The maximum atomic E-state index is 5.29. The summed E-state index contributed by atoms with van der Waals surface area (Å²) in [5.74, 6) is 0.764. The molecule has 0 radical (unpaired) electrons. The predicted octanol–water partition coefficient (Wildman–Crippen LogP) is 1.31. The quantitative estimate of drug-likeness (QED) is 0.737. The molecule has 0 unspecified atom stereocenters.